The minimum atomic E-state index is -0.536. The Morgan fingerprint density at radius 3 is 3.00 bits per heavy atom. The molecular formula is C11H16N4OS. The zero-order chi connectivity index (χ0) is 12.3. The molecule has 1 fully saturated rings. The van der Waals surface area contributed by atoms with Gasteiger partial charge in [-0.15, -0.1) is 0 Å². The Bertz CT molecular complexity index is 418. The first-order valence-corrected chi connectivity index (χ1v) is 6.73. The van der Waals surface area contributed by atoms with Gasteiger partial charge in [-0.1, -0.05) is 0 Å². The number of nitrogens with two attached hydrogens (primary N) is 2. The highest BCUT2D eigenvalue weighted by Gasteiger charge is 2.16. The molecule has 2 heterocycles. The van der Waals surface area contributed by atoms with Gasteiger partial charge in [-0.3, -0.25) is 4.79 Å². The van der Waals surface area contributed by atoms with Crippen molar-refractivity contribution in [3.63, 3.8) is 0 Å². The lowest BCUT2D eigenvalue weighted by atomic mass is 10.2. The fourth-order valence-corrected chi connectivity index (χ4v) is 2.84. The molecule has 5 nitrogen and oxygen atoms in total. The first-order chi connectivity index (χ1) is 8.16. The fourth-order valence-electron chi connectivity index (χ4n) is 1.77. The topological polar surface area (TPSA) is 94.0 Å². The normalized spacial score (nSPS) is 19.9. The van der Waals surface area contributed by atoms with E-state index in [1.54, 1.807) is 12.1 Å². The number of nitrogen functional groups attached to an aromatic ring is 1. The minimum absolute atomic E-state index is 0.241. The van der Waals surface area contributed by atoms with Crippen molar-refractivity contribution >= 4 is 29.2 Å². The van der Waals surface area contributed by atoms with Crippen molar-refractivity contribution in [2.45, 2.75) is 18.9 Å². The molecule has 0 spiro atoms. The van der Waals surface area contributed by atoms with Crippen molar-refractivity contribution in [1.29, 1.82) is 0 Å². The summed E-state index contributed by atoms with van der Waals surface area (Å²) in [4.78, 5) is 15.2. The summed E-state index contributed by atoms with van der Waals surface area (Å²) in [7, 11) is 0. The van der Waals surface area contributed by atoms with Gasteiger partial charge in [-0.05, 0) is 30.7 Å². The number of nitrogens with zero attached hydrogens (tertiary/aromatic N) is 1. The molecule has 1 aromatic rings. The number of thioether (sulfide) groups is 1. The first kappa shape index (κ1) is 12.0. The largest absolute Gasteiger partial charge is 0.396 e. The van der Waals surface area contributed by atoms with Gasteiger partial charge >= 0.3 is 0 Å². The third kappa shape index (κ3) is 3.03. The van der Waals surface area contributed by atoms with Crippen LogP contribution >= 0.6 is 11.8 Å². The van der Waals surface area contributed by atoms with Crippen molar-refractivity contribution in [2.75, 3.05) is 22.6 Å². The molecular weight excluding hydrogens is 236 g/mol. The lowest BCUT2D eigenvalue weighted by Gasteiger charge is -2.23. The van der Waals surface area contributed by atoms with Gasteiger partial charge in [0.2, 0.25) is 0 Å². The lowest BCUT2D eigenvalue weighted by Crippen LogP contribution is -2.27. The smallest absolute Gasteiger partial charge is 0.267 e. The van der Waals surface area contributed by atoms with Crippen LogP contribution in [0.5, 0.6) is 0 Å². The second-order valence-corrected chi connectivity index (χ2v) is 5.21. The number of anilines is 2. The average Bonchev–Trinajstić information content (AvgIpc) is 2.33. The van der Waals surface area contributed by atoms with E-state index in [1.807, 2.05) is 11.8 Å². The van der Waals surface area contributed by atoms with E-state index in [0.717, 1.165) is 12.2 Å². The summed E-state index contributed by atoms with van der Waals surface area (Å²) in [5, 5.41) is 3.28. The van der Waals surface area contributed by atoms with Crippen LogP contribution < -0.4 is 16.8 Å². The van der Waals surface area contributed by atoms with E-state index < -0.39 is 5.91 Å². The Balaban J connectivity index is 2.13. The minimum Gasteiger partial charge on any atom is -0.396 e. The van der Waals surface area contributed by atoms with Crippen LogP contribution in [0.4, 0.5) is 11.5 Å². The van der Waals surface area contributed by atoms with Gasteiger partial charge in [0.15, 0.2) is 0 Å². The maximum Gasteiger partial charge on any atom is 0.267 e. The van der Waals surface area contributed by atoms with Crippen LogP contribution in [0.25, 0.3) is 0 Å². The Morgan fingerprint density at radius 2 is 2.35 bits per heavy atom. The number of pyridine rings is 1. The number of carbonyl (C=O) groups is 1. The SMILES string of the molecule is NC(=O)c1ccc(N)c(NC2CCCSC2)n1. The Hall–Kier alpha value is -1.43. The zero-order valence-corrected chi connectivity index (χ0v) is 10.3. The summed E-state index contributed by atoms with van der Waals surface area (Å²) in [6.45, 7) is 0. The second-order valence-electron chi connectivity index (χ2n) is 4.06. The summed E-state index contributed by atoms with van der Waals surface area (Å²) in [6, 6.07) is 3.57. The monoisotopic (exact) mass is 252 g/mol. The summed E-state index contributed by atoms with van der Waals surface area (Å²) >= 11 is 1.92. The number of amides is 1. The molecule has 1 amide bonds. The molecule has 0 radical (unpaired) electrons. The van der Waals surface area contributed by atoms with Crippen molar-refractivity contribution in [1.82, 2.24) is 4.98 Å². The van der Waals surface area contributed by atoms with Gasteiger partial charge in [0, 0.05) is 11.8 Å². The maximum absolute atomic E-state index is 11.0. The van der Waals surface area contributed by atoms with Crippen molar-refractivity contribution in [3.8, 4) is 0 Å². The van der Waals surface area contributed by atoms with E-state index in [0.29, 0.717) is 17.5 Å². The van der Waals surface area contributed by atoms with Crippen molar-refractivity contribution in [2.24, 2.45) is 5.73 Å². The van der Waals surface area contributed by atoms with Gasteiger partial charge in [0.1, 0.15) is 11.5 Å². The number of hydrogen-bond acceptors (Lipinski definition) is 5. The van der Waals surface area contributed by atoms with E-state index in [4.69, 9.17) is 11.5 Å². The van der Waals surface area contributed by atoms with Crippen LogP contribution in [-0.4, -0.2) is 28.4 Å². The number of nitrogens with one attached hydrogen (secondary N) is 1. The number of primary amides is 1. The van der Waals surface area contributed by atoms with E-state index in [1.165, 1.54) is 12.2 Å². The first-order valence-electron chi connectivity index (χ1n) is 5.57. The molecule has 0 aromatic carbocycles. The van der Waals surface area contributed by atoms with Crippen molar-refractivity contribution < 1.29 is 4.79 Å². The molecule has 1 aliphatic heterocycles. The van der Waals surface area contributed by atoms with Crippen LogP contribution in [0.3, 0.4) is 0 Å². The molecule has 17 heavy (non-hydrogen) atoms. The highest BCUT2D eigenvalue weighted by Crippen LogP contribution is 2.23. The quantitative estimate of drug-likeness (QED) is 0.748. The molecule has 0 aliphatic carbocycles. The van der Waals surface area contributed by atoms with E-state index in [2.05, 4.69) is 10.3 Å². The lowest BCUT2D eigenvalue weighted by molar-refractivity contribution is 0.0995. The summed E-state index contributed by atoms with van der Waals surface area (Å²) < 4.78 is 0. The summed E-state index contributed by atoms with van der Waals surface area (Å²) in [5.74, 6) is 2.28. The van der Waals surface area contributed by atoms with Gasteiger partial charge in [0.05, 0.1) is 5.69 Å². The van der Waals surface area contributed by atoms with Gasteiger partial charge in [-0.25, -0.2) is 4.98 Å². The Kier molecular flexibility index (Phi) is 3.73. The van der Waals surface area contributed by atoms with Crippen LogP contribution in [0.2, 0.25) is 0 Å². The van der Waals surface area contributed by atoms with E-state index >= 15 is 0 Å². The van der Waals surface area contributed by atoms with Crippen LogP contribution in [0.1, 0.15) is 23.3 Å². The van der Waals surface area contributed by atoms with Crippen LogP contribution in [-0.2, 0) is 0 Å². The number of carbonyl (C=O) groups excluding carboxylic acids is 1. The molecule has 2 rings (SSSR count). The fraction of sp³-hybridized carbons (Fsp3) is 0.455. The predicted molar refractivity (Wildman–Crippen MR) is 71.1 cm³/mol. The van der Waals surface area contributed by atoms with Crippen molar-refractivity contribution in [3.05, 3.63) is 17.8 Å². The molecule has 0 saturated carbocycles. The molecule has 5 N–H and O–H groups in total. The Labute approximate surface area is 104 Å². The molecule has 1 saturated heterocycles. The van der Waals surface area contributed by atoms with Gasteiger partial charge in [0.25, 0.3) is 5.91 Å². The van der Waals surface area contributed by atoms with E-state index in [9.17, 15) is 4.79 Å². The molecule has 1 atom stereocenters. The predicted octanol–water partition coefficient (Wildman–Crippen LogP) is 1.07. The van der Waals surface area contributed by atoms with Gasteiger partial charge < -0.3 is 16.8 Å². The average molecular weight is 252 g/mol. The van der Waals surface area contributed by atoms with Crippen LogP contribution in [0.15, 0.2) is 12.1 Å². The molecule has 1 aliphatic rings. The Morgan fingerprint density at radius 1 is 1.53 bits per heavy atom. The second kappa shape index (κ2) is 5.27. The third-order valence-electron chi connectivity index (χ3n) is 2.68. The number of aromatic nitrogens is 1. The van der Waals surface area contributed by atoms with Crippen LogP contribution in [0, 0.1) is 0 Å². The van der Waals surface area contributed by atoms with Gasteiger partial charge in [-0.2, -0.15) is 11.8 Å². The standard InChI is InChI=1S/C11H16N4OS/c12-8-3-4-9(10(13)16)15-11(8)14-7-2-1-5-17-6-7/h3-4,7H,1-2,5-6,12H2,(H2,13,16)(H,14,15). The molecule has 0 bridgehead atoms. The zero-order valence-electron chi connectivity index (χ0n) is 9.48. The highest BCUT2D eigenvalue weighted by molar-refractivity contribution is 7.99. The van der Waals surface area contributed by atoms with E-state index in [-0.39, 0.29) is 5.69 Å². The molecule has 6 heteroatoms. The summed E-state index contributed by atoms with van der Waals surface area (Å²) in [6.07, 6.45) is 2.30. The highest BCUT2D eigenvalue weighted by atomic mass is 32.2. The summed E-state index contributed by atoms with van der Waals surface area (Å²) in [5.41, 5.74) is 11.8. The molecule has 92 valence electrons. The maximum atomic E-state index is 11.0. The number of rotatable bonds is 3. The third-order valence-corrected chi connectivity index (χ3v) is 3.90. The molecule has 1 unspecified atom stereocenters. The number of hydrogen-bond donors (Lipinski definition) is 3. The molecule has 1 aromatic heterocycles.